The first-order valence-electron chi connectivity index (χ1n) is 6.12. The number of likely N-dealkylation sites (N-methyl/N-ethyl adjacent to an activating group) is 2. The Labute approximate surface area is 117 Å². The molecule has 0 heterocycles. The standard InChI is InChI=1S/C13H20BrN3O/c1-3-16-13(18)9-17(4-2)11-6-5-10(8-15)12(14)7-11/h5-7H,3-4,8-9,15H2,1-2H3,(H,16,18). The summed E-state index contributed by atoms with van der Waals surface area (Å²) < 4.78 is 0.983. The first-order chi connectivity index (χ1) is 8.62. The Morgan fingerprint density at radius 1 is 1.44 bits per heavy atom. The molecule has 0 aromatic heterocycles. The van der Waals surface area contributed by atoms with E-state index in [0.717, 1.165) is 22.3 Å². The number of rotatable bonds is 6. The van der Waals surface area contributed by atoms with Crippen LogP contribution in [0.1, 0.15) is 19.4 Å². The molecular formula is C13H20BrN3O. The molecule has 18 heavy (non-hydrogen) atoms. The molecule has 5 heteroatoms. The van der Waals surface area contributed by atoms with Crippen molar-refractivity contribution in [2.24, 2.45) is 5.73 Å². The second-order valence-electron chi connectivity index (χ2n) is 3.95. The molecule has 0 atom stereocenters. The number of nitrogens with one attached hydrogen (secondary N) is 1. The Balaban J connectivity index is 2.82. The molecule has 3 N–H and O–H groups in total. The largest absolute Gasteiger partial charge is 0.362 e. The van der Waals surface area contributed by atoms with Gasteiger partial charge < -0.3 is 16.0 Å². The molecular weight excluding hydrogens is 294 g/mol. The van der Waals surface area contributed by atoms with Crippen LogP contribution < -0.4 is 16.0 Å². The van der Waals surface area contributed by atoms with Gasteiger partial charge in [0.05, 0.1) is 6.54 Å². The van der Waals surface area contributed by atoms with Gasteiger partial charge in [-0.15, -0.1) is 0 Å². The second kappa shape index (κ2) is 7.38. The molecule has 0 saturated carbocycles. The lowest BCUT2D eigenvalue weighted by molar-refractivity contribution is -0.119. The number of carbonyl (C=O) groups is 1. The molecule has 0 radical (unpaired) electrons. The highest BCUT2D eigenvalue weighted by Gasteiger charge is 2.10. The van der Waals surface area contributed by atoms with E-state index in [2.05, 4.69) is 21.2 Å². The van der Waals surface area contributed by atoms with Gasteiger partial charge in [0, 0.05) is 29.8 Å². The molecule has 0 spiro atoms. The van der Waals surface area contributed by atoms with Gasteiger partial charge in [0.25, 0.3) is 0 Å². The van der Waals surface area contributed by atoms with Crippen molar-refractivity contribution in [1.82, 2.24) is 5.32 Å². The third-order valence-electron chi connectivity index (χ3n) is 2.71. The Morgan fingerprint density at radius 2 is 2.17 bits per heavy atom. The topological polar surface area (TPSA) is 58.4 Å². The number of hydrogen-bond acceptors (Lipinski definition) is 3. The zero-order valence-corrected chi connectivity index (χ0v) is 12.5. The number of anilines is 1. The monoisotopic (exact) mass is 313 g/mol. The summed E-state index contributed by atoms with van der Waals surface area (Å²) in [4.78, 5) is 13.6. The summed E-state index contributed by atoms with van der Waals surface area (Å²) in [6.07, 6.45) is 0. The molecule has 0 saturated heterocycles. The molecule has 100 valence electrons. The van der Waals surface area contributed by atoms with Crippen molar-refractivity contribution in [2.75, 3.05) is 24.5 Å². The maximum absolute atomic E-state index is 11.6. The number of nitrogens with zero attached hydrogens (tertiary/aromatic N) is 1. The average molecular weight is 314 g/mol. The highest BCUT2D eigenvalue weighted by molar-refractivity contribution is 9.10. The summed E-state index contributed by atoms with van der Waals surface area (Å²) in [6, 6.07) is 5.99. The van der Waals surface area contributed by atoms with Gasteiger partial charge in [-0.2, -0.15) is 0 Å². The van der Waals surface area contributed by atoms with Crippen molar-refractivity contribution >= 4 is 27.5 Å². The maximum Gasteiger partial charge on any atom is 0.239 e. The van der Waals surface area contributed by atoms with Gasteiger partial charge in [0.15, 0.2) is 0 Å². The van der Waals surface area contributed by atoms with Gasteiger partial charge in [-0.3, -0.25) is 4.79 Å². The fourth-order valence-corrected chi connectivity index (χ4v) is 2.24. The highest BCUT2D eigenvalue weighted by atomic mass is 79.9. The minimum atomic E-state index is 0.0402. The summed E-state index contributed by atoms with van der Waals surface area (Å²) in [6.45, 7) is 6.27. The zero-order chi connectivity index (χ0) is 13.5. The first kappa shape index (κ1) is 15.0. The zero-order valence-electron chi connectivity index (χ0n) is 10.9. The Hall–Kier alpha value is -1.07. The van der Waals surface area contributed by atoms with E-state index in [1.807, 2.05) is 36.9 Å². The lowest BCUT2D eigenvalue weighted by Crippen LogP contribution is -2.37. The van der Waals surface area contributed by atoms with Crippen molar-refractivity contribution in [3.05, 3.63) is 28.2 Å². The van der Waals surface area contributed by atoms with E-state index in [-0.39, 0.29) is 5.91 Å². The van der Waals surface area contributed by atoms with Crippen LogP contribution >= 0.6 is 15.9 Å². The number of benzene rings is 1. The normalized spacial score (nSPS) is 10.2. The first-order valence-corrected chi connectivity index (χ1v) is 6.91. The van der Waals surface area contributed by atoms with Crippen LogP contribution in [0.25, 0.3) is 0 Å². The summed E-state index contributed by atoms with van der Waals surface area (Å²) in [5, 5.41) is 2.80. The fraction of sp³-hybridized carbons (Fsp3) is 0.462. The summed E-state index contributed by atoms with van der Waals surface area (Å²) in [5.74, 6) is 0.0402. The van der Waals surface area contributed by atoms with Crippen LogP contribution in [-0.2, 0) is 11.3 Å². The molecule has 0 fully saturated rings. The Morgan fingerprint density at radius 3 is 2.67 bits per heavy atom. The van der Waals surface area contributed by atoms with Gasteiger partial charge in [0.1, 0.15) is 0 Å². The van der Waals surface area contributed by atoms with E-state index in [1.54, 1.807) is 0 Å². The van der Waals surface area contributed by atoms with Crippen molar-refractivity contribution in [1.29, 1.82) is 0 Å². The van der Waals surface area contributed by atoms with E-state index in [1.165, 1.54) is 0 Å². The van der Waals surface area contributed by atoms with Crippen molar-refractivity contribution in [2.45, 2.75) is 20.4 Å². The predicted molar refractivity (Wildman–Crippen MR) is 78.6 cm³/mol. The minimum Gasteiger partial charge on any atom is -0.362 e. The molecule has 0 aliphatic heterocycles. The SMILES string of the molecule is CCNC(=O)CN(CC)c1ccc(CN)c(Br)c1. The number of nitrogens with two attached hydrogens (primary N) is 1. The second-order valence-corrected chi connectivity index (χ2v) is 4.80. The molecule has 4 nitrogen and oxygen atoms in total. The van der Waals surface area contributed by atoms with Gasteiger partial charge in [-0.05, 0) is 31.5 Å². The van der Waals surface area contributed by atoms with Crippen LogP contribution in [0.2, 0.25) is 0 Å². The van der Waals surface area contributed by atoms with E-state index >= 15 is 0 Å². The van der Waals surface area contributed by atoms with Crippen LogP contribution in [-0.4, -0.2) is 25.5 Å². The molecule has 0 unspecified atom stereocenters. The fourth-order valence-electron chi connectivity index (χ4n) is 1.71. The third kappa shape index (κ3) is 3.99. The molecule has 1 aromatic rings. The third-order valence-corrected chi connectivity index (χ3v) is 3.45. The smallest absolute Gasteiger partial charge is 0.239 e. The Bertz CT molecular complexity index is 409. The van der Waals surface area contributed by atoms with E-state index in [4.69, 9.17) is 5.73 Å². The van der Waals surface area contributed by atoms with Crippen LogP contribution in [0.3, 0.4) is 0 Å². The predicted octanol–water partition coefficient (Wildman–Crippen LogP) is 1.87. The van der Waals surface area contributed by atoms with Crippen molar-refractivity contribution in [3.8, 4) is 0 Å². The molecule has 0 bridgehead atoms. The average Bonchev–Trinajstić information content (AvgIpc) is 2.36. The number of halogens is 1. The summed E-state index contributed by atoms with van der Waals surface area (Å²) in [7, 11) is 0. The van der Waals surface area contributed by atoms with Gasteiger partial charge in [0.2, 0.25) is 5.91 Å². The highest BCUT2D eigenvalue weighted by Crippen LogP contribution is 2.23. The lowest BCUT2D eigenvalue weighted by Gasteiger charge is -2.23. The van der Waals surface area contributed by atoms with Gasteiger partial charge in [-0.25, -0.2) is 0 Å². The van der Waals surface area contributed by atoms with Crippen molar-refractivity contribution < 1.29 is 4.79 Å². The van der Waals surface area contributed by atoms with Crippen molar-refractivity contribution in [3.63, 3.8) is 0 Å². The van der Waals surface area contributed by atoms with Gasteiger partial charge >= 0.3 is 0 Å². The van der Waals surface area contributed by atoms with Gasteiger partial charge in [-0.1, -0.05) is 22.0 Å². The van der Waals surface area contributed by atoms with E-state index in [0.29, 0.717) is 19.6 Å². The number of amides is 1. The molecule has 1 amide bonds. The number of carbonyl (C=O) groups excluding carboxylic acids is 1. The number of hydrogen-bond donors (Lipinski definition) is 2. The minimum absolute atomic E-state index is 0.0402. The summed E-state index contributed by atoms with van der Waals surface area (Å²) in [5.41, 5.74) is 7.71. The summed E-state index contributed by atoms with van der Waals surface area (Å²) >= 11 is 3.49. The van der Waals surface area contributed by atoms with Crippen LogP contribution in [0.5, 0.6) is 0 Å². The molecule has 0 aliphatic carbocycles. The van der Waals surface area contributed by atoms with Crippen LogP contribution in [0.4, 0.5) is 5.69 Å². The molecule has 0 aliphatic rings. The Kier molecular flexibility index (Phi) is 6.15. The molecule has 1 aromatic carbocycles. The maximum atomic E-state index is 11.6. The van der Waals surface area contributed by atoms with E-state index < -0.39 is 0 Å². The van der Waals surface area contributed by atoms with Crippen LogP contribution in [0, 0.1) is 0 Å². The quantitative estimate of drug-likeness (QED) is 0.843. The lowest BCUT2D eigenvalue weighted by atomic mass is 10.2. The molecule has 1 rings (SSSR count). The van der Waals surface area contributed by atoms with E-state index in [9.17, 15) is 4.79 Å². The van der Waals surface area contributed by atoms with Crippen LogP contribution in [0.15, 0.2) is 22.7 Å².